The topological polar surface area (TPSA) is 66.5 Å². The molecule has 0 fully saturated rings. The van der Waals surface area contributed by atoms with Crippen molar-refractivity contribution in [1.82, 2.24) is 0 Å². The summed E-state index contributed by atoms with van der Waals surface area (Å²) in [5, 5.41) is 18.9. The Morgan fingerprint density at radius 1 is 1.40 bits per heavy atom. The Morgan fingerprint density at radius 2 is 2.00 bits per heavy atom. The Kier molecular flexibility index (Phi) is 3.97. The van der Waals surface area contributed by atoms with Gasteiger partial charge in [-0.25, -0.2) is 0 Å². The molecule has 0 saturated heterocycles. The second-order valence-electron chi connectivity index (χ2n) is 3.88. The Hall–Kier alpha value is -0.770. The average molecular weight is 230 g/mol. The predicted molar refractivity (Wildman–Crippen MR) is 61.2 cm³/mol. The van der Waals surface area contributed by atoms with E-state index in [1.165, 1.54) is 0 Å². The third-order valence-electron chi connectivity index (χ3n) is 2.38. The molecular formula is C11H16ClNO2. The maximum Gasteiger partial charge on any atom is 0.139 e. The molecule has 1 aromatic rings. The highest BCUT2D eigenvalue weighted by molar-refractivity contribution is 6.32. The fourth-order valence-electron chi connectivity index (χ4n) is 1.36. The van der Waals surface area contributed by atoms with Crippen LogP contribution in [-0.4, -0.2) is 16.8 Å². The molecule has 4 heteroatoms. The van der Waals surface area contributed by atoms with Gasteiger partial charge in [0.15, 0.2) is 0 Å². The summed E-state index contributed by atoms with van der Waals surface area (Å²) >= 11 is 5.88. The lowest BCUT2D eigenvalue weighted by atomic mass is 9.97. The number of hydrogen-bond donors (Lipinski definition) is 3. The van der Waals surface area contributed by atoms with E-state index in [0.29, 0.717) is 11.5 Å². The van der Waals surface area contributed by atoms with Gasteiger partial charge in [0.2, 0.25) is 0 Å². The van der Waals surface area contributed by atoms with Crippen molar-refractivity contribution in [3.63, 3.8) is 0 Å². The van der Waals surface area contributed by atoms with Gasteiger partial charge in [-0.15, -0.1) is 0 Å². The molecule has 15 heavy (non-hydrogen) atoms. The van der Waals surface area contributed by atoms with Crippen LogP contribution in [0.1, 0.15) is 36.9 Å². The smallest absolute Gasteiger partial charge is 0.139 e. The molecule has 0 aliphatic rings. The van der Waals surface area contributed by atoms with E-state index in [1.54, 1.807) is 12.1 Å². The van der Waals surface area contributed by atoms with Crippen LogP contribution in [0.3, 0.4) is 0 Å². The van der Waals surface area contributed by atoms with Gasteiger partial charge in [-0.1, -0.05) is 31.5 Å². The Morgan fingerprint density at radius 3 is 2.47 bits per heavy atom. The number of nitrogens with two attached hydrogens (primary N) is 1. The van der Waals surface area contributed by atoms with E-state index in [2.05, 4.69) is 0 Å². The molecule has 0 aliphatic carbocycles. The molecule has 0 spiro atoms. The fourth-order valence-corrected chi connectivity index (χ4v) is 1.59. The minimum atomic E-state index is -0.596. The van der Waals surface area contributed by atoms with Crippen LogP contribution in [0, 0.1) is 0 Å². The van der Waals surface area contributed by atoms with Crippen LogP contribution >= 0.6 is 11.6 Å². The first-order valence-corrected chi connectivity index (χ1v) is 5.24. The van der Waals surface area contributed by atoms with Crippen LogP contribution < -0.4 is 5.73 Å². The van der Waals surface area contributed by atoms with E-state index in [4.69, 9.17) is 22.4 Å². The Bertz CT molecular complexity index is 353. The molecule has 1 rings (SSSR count). The number of phenols is 1. The molecular weight excluding hydrogens is 214 g/mol. The lowest BCUT2D eigenvalue weighted by Gasteiger charge is -2.15. The summed E-state index contributed by atoms with van der Waals surface area (Å²) in [5.74, 6) is 0.260. The summed E-state index contributed by atoms with van der Waals surface area (Å²) in [7, 11) is 0. The number of phenolic OH excluding ortho intramolecular Hbond substituents is 1. The largest absolute Gasteiger partial charge is 0.506 e. The van der Waals surface area contributed by atoms with E-state index >= 15 is 0 Å². The van der Waals surface area contributed by atoms with E-state index < -0.39 is 6.04 Å². The van der Waals surface area contributed by atoms with Crippen molar-refractivity contribution < 1.29 is 10.2 Å². The summed E-state index contributed by atoms with van der Waals surface area (Å²) in [6.07, 6.45) is 0. The molecule has 4 N–H and O–H groups in total. The first-order valence-electron chi connectivity index (χ1n) is 4.86. The second kappa shape index (κ2) is 4.84. The normalized spacial score (nSPS) is 13.2. The zero-order valence-corrected chi connectivity index (χ0v) is 9.62. The summed E-state index contributed by atoms with van der Waals surface area (Å²) in [5.41, 5.74) is 7.16. The number of aliphatic hydroxyl groups is 1. The van der Waals surface area contributed by atoms with Crippen molar-refractivity contribution in [2.45, 2.75) is 25.8 Å². The molecule has 0 saturated carbocycles. The lowest BCUT2D eigenvalue weighted by Crippen LogP contribution is -2.15. The summed E-state index contributed by atoms with van der Waals surface area (Å²) < 4.78 is 0. The van der Waals surface area contributed by atoms with Crippen molar-refractivity contribution in [2.75, 3.05) is 6.61 Å². The van der Waals surface area contributed by atoms with Crippen LogP contribution in [-0.2, 0) is 0 Å². The van der Waals surface area contributed by atoms with Gasteiger partial charge in [0, 0.05) is 5.56 Å². The van der Waals surface area contributed by atoms with E-state index in [0.717, 1.165) is 5.56 Å². The third-order valence-corrected chi connectivity index (χ3v) is 2.67. The lowest BCUT2D eigenvalue weighted by molar-refractivity contribution is 0.265. The maximum absolute atomic E-state index is 9.68. The third kappa shape index (κ3) is 2.62. The molecule has 0 aromatic heterocycles. The first kappa shape index (κ1) is 12.3. The van der Waals surface area contributed by atoms with Gasteiger partial charge < -0.3 is 15.9 Å². The van der Waals surface area contributed by atoms with Crippen LogP contribution in [0.2, 0.25) is 5.02 Å². The summed E-state index contributed by atoms with van der Waals surface area (Å²) in [4.78, 5) is 0. The number of hydrogen-bond acceptors (Lipinski definition) is 3. The van der Waals surface area contributed by atoms with E-state index in [1.807, 2.05) is 13.8 Å². The van der Waals surface area contributed by atoms with Crippen molar-refractivity contribution in [3.8, 4) is 5.75 Å². The molecule has 0 heterocycles. The summed E-state index contributed by atoms with van der Waals surface area (Å²) in [6, 6.07) is 2.91. The number of aliphatic hydroxyl groups excluding tert-OH is 1. The molecule has 0 aliphatic heterocycles. The molecule has 84 valence electrons. The van der Waals surface area contributed by atoms with Gasteiger partial charge in [0.25, 0.3) is 0 Å². The quantitative estimate of drug-likeness (QED) is 0.744. The fraction of sp³-hybridized carbons (Fsp3) is 0.455. The number of aromatic hydroxyl groups is 1. The summed E-state index contributed by atoms with van der Waals surface area (Å²) in [6.45, 7) is 3.83. The van der Waals surface area contributed by atoms with Gasteiger partial charge in [0.1, 0.15) is 5.75 Å². The van der Waals surface area contributed by atoms with Crippen molar-refractivity contribution >= 4 is 11.6 Å². The highest BCUT2D eigenvalue weighted by Gasteiger charge is 2.15. The molecule has 1 aromatic carbocycles. The maximum atomic E-state index is 9.68. The van der Waals surface area contributed by atoms with Crippen molar-refractivity contribution in [3.05, 3.63) is 28.3 Å². The Balaban J connectivity index is 3.25. The molecule has 1 atom stereocenters. The molecule has 0 amide bonds. The van der Waals surface area contributed by atoms with Crippen LogP contribution in [0.15, 0.2) is 12.1 Å². The van der Waals surface area contributed by atoms with E-state index in [-0.39, 0.29) is 17.4 Å². The highest BCUT2D eigenvalue weighted by atomic mass is 35.5. The minimum absolute atomic E-state index is 0.0392. The standard InChI is InChI=1S/C11H16ClNO2/c1-6(2)7-3-8(10(13)5-14)11(15)9(12)4-7/h3-4,6,10,14-15H,5,13H2,1-2H3. The molecule has 0 radical (unpaired) electrons. The number of benzene rings is 1. The zero-order chi connectivity index (χ0) is 11.6. The SMILES string of the molecule is CC(C)c1cc(Cl)c(O)c(C(N)CO)c1. The monoisotopic (exact) mass is 229 g/mol. The van der Waals surface area contributed by atoms with E-state index in [9.17, 15) is 5.11 Å². The van der Waals surface area contributed by atoms with Gasteiger partial charge >= 0.3 is 0 Å². The van der Waals surface area contributed by atoms with Crippen molar-refractivity contribution in [1.29, 1.82) is 0 Å². The number of rotatable bonds is 3. The second-order valence-corrected chi connectivity index (χ2v) is 4.29. The van der Waals surface area contributed by atoms with Crippen LogP contribution in [0.4, 0.5) is 0 Å². The van der Waals surface area contributed by atoms with Gasteiger partial charge in [0.05, 0.1) is 17.7 Å². The van der Waals surface area contributed by atoms with Gasteiger partial charge in [-0.2, -0.15) is 0 Å². The minimum Gasteiger partial charge on any atom is -0.506 e. The van der Waals surface area contributed by atoms with Crippen LogP contribution in [0.5, 0.6) is 5.75 Å². The molecule has 1 unspecified atom stereocenters. The van der Waals surface area contributed by atoms with Crippen molar-refractivity contribution in [2.24, 2.45) is 5.73 Å². The predicted octanol–water partition coefficient (Wildman–Crippen LogP) is 2.16. The zero-order valence-electron chi connectivity index (χ0n) is 8.87. The molecule has 3 nitrogen and oxygen atoms in total. The first-order chi connectivity index (χ1) is 6.97. The van der Waals surface area contributed by atoms with Crippen LogP contribution in [0.25, 0.3) is 0 Å². The Labute approximate surface area is 94.5 Å². The average Bonchev–Trinajstić information content (AvgIpc) is 2.20. The molecule has 0 bridgehead atoms. The number of halogens is 1. The van der Waals surface area contributed by atoms with Gasteiger partial charge in [-0.3, -0.25) is 0 Å². The highest BCUT2D eigenvalue weighted by Crippen LogP contribution is 2.34. The van der Waals surface area contributed by atoms with Gasteiger partial charge in [-0.05, 0) is 17.5 Å².